The zero-order valence-corrected chi connectivity index (χ0v) is 47.3. The highest BCUT2D eigenvalue weighted by molar-refractivity contribution is 7.27. The maximum atomic E-state index is 2.81. The Morgan fingerprint density at radius 1 is 0.493 bits per heavy atom. The molecular formula is C69H73BN2S. The number of benzene rings is 7. The third-order valence-electron chi connectivity index (χ3n) is 19.8. The van der Waals surface area contributed by atoms with Crippen molar-refractivity contribution in [3.05, 3.63) is 148 Å². The summed E-state index contributed by atoms with van der Waals surface area (Å²) < 4.78 is 5.55. The molecule has 73 heavy (non-hydrogen) atoms. The predicted octanol–water partition coefficient (Wildman–Crippen LogP) is 18.0. The van der Waals surface area contributed by atoms with Crippen LogP contribution in [0, 0.1) is 0 Å². The van der Waals surface area contributed by atoms with Gasteiger partial charge in [0.1, 0.15) is 0 Å². The van der Waals surface area contributed by atoms with E-state index < -0.39 is 0 Å². The lowest BCUT2D eigenvalue weighted by molar-refractivity contribution is 0.331. The number of hydrogen-bond donors (Lipinski definition) is 0. The van der Waals surface area contributed by atoms with Gasteiger partial charge in [0.25, 0.3) is 0 Å². The Morgan fingerprint density at radius 2 is 1.04 bits per heavy atom. The first-order chi connectivity index (χ1) is 34.2. The van der Waals surface area contributed by atoms with Crippen LogP contribution < -0.4 is 15.7 Å². The van der Waals surface area contributed by atoms with Crippen molar-refractivity contribution in [1.29, 1.82) is 0 Å². The number of thiophene rings is 1. The standard InChI is InChI=1S/C69H73BN2S/c1-63(2,3)38-21-24-40(25-22-38)72-55-35-43-42-32-48-50(67(11,12)29-27-65(48,7)8)36-47(42)69(15,16)46(43)33-45(55)59-60-61-57(58-41-19-17-18-20-56(41)73-62(58)59)44-34-49-51(68(13,14)30-28-66(49,9)10)37-54(44)71(61)53-26-23-39(64(4,5)6)31-52(53)70(60)72/h17-26,31-37H,27-30H2,1-16H3. The highest BCUT2D eigenvalue weighted by Gasteiger charge is 2.49. The summed E-state index contributed by atoms with van der Waals surface area (Å²) in [6.45, 7) is 39.1. The summed E-state index contributed by atoms with van der Waals surface area (Å²) in [4.78, 5) is 2.81. The lowest BCUT2D eigenvalue weighted by Gasteiger charge is -2.43. The zero-order chi connectivity index (χ0) is 51.2. The van der Waals surface area contributed by atoms with Crippen LogP contribution in [0.15, 0.2) is 103 Å². The molecule has 0 saturated carbocycles. The fraction of sp³-hybridized carbons (Fsp3) is 0.391. The van der Waals surface area contributed by atoms with Crippen molar-refractivity contribution in [2.24, 2.45) is 0 Å². The summed E-state index contributed by atoms with van der Waals surface area (Å²) in [5, 5.41) is 5.62. The van der Waals surface area contributed by atoms with E-state index in [1.165, 1.54) is 157 Å². The van der Waals surface area contributed by atoms with E-state index >= 15 is 0 Å². The van der Waals surface area contributed by atoms with Gasteiger partial charge in [-0.3, -0.25) is 0 Å². The Labute approximate surface area is 439 Å². The summed E-state index contributed by atoms with van der Waals surface area (Å²) in [6.07, 6.45) is 4.78. The quantitative estimate of drug-likeness (QED) is 0.149. The van der Waals surface area contributed by atoms with E-state index in [-0.39, 0.29) is 44.8 Å². The maximum absolute atomic E-state index is 2.81. The molecule has 0 amide bonds. The minimum atomic E-state index is -0.190. The molecule has 0 radical (unpaired) electrons. The molecular weight excluding hydrogens is 900 g/mol. The van der Waals surface area contributed by atoms with Crippen molar-refractivity contribution in [1.82, 2.24) is 4.57 Å². The van der Waals surface area contributed by atoms with Gasteiger partial charge in [-0.05, 0) is 179 Å². The molecule has 4 heterocycles. The number of fused-ring (bicyclic) bond motifs is 18. The first kappa shape index (κ1) is 46.0. The van der Waals surface area contributed by atoms with Crippen molar-refractivity contribution in [2.45, 2.75) is 174 Å². The monoisotopic (exact) mass is 973 g/mol. The van der Waals surface area contributed by atoms with E-state index in [4.69, 9.17) is 0 Å². The van der Waals surface area contributed by atoms with Gasteiger partial charge in [0, 0.05) is 64.5 Å². The lowest BCUT2D eigenvalue weighted by Crippen LogP contribution is -2.60. The summed E-state index contributed by atoms with van der Waals surface area (Å²) in [6, 6.07) is 42.7. The SMILES string of the molecule is CC(C)(C)c1ccc(N2B3c4cc(C(C)(C)C)ccc4-n4c5cc6c(cc5c5c7c(sc8ccccc87)c(c3c54)-c3cc4c(cc32)-c2cc3c(cc2C4(C)C)C(C)(C)CCC3(C)C)C(C)(C)CCC6(C)C)cc1. The van der Waals surface area contributed by atoms with Crippen LogP contribution in [-0.2, 0) is 37.9 Å². The van der Waals surface area contributed by atoms with E-state index in [1.54, 1.807) is 5.56 Å². The number of rotatable bonds is 1. The van der Waals surface area contributed by atoms with Crippen LogP contribution in [-0.4, -0.2) is 11.4 Å². The fourth-order valence-corrected chi connectivity index (χ4v) is 16.3. The van der Waals surface area contributed by atoms with Crippen LogP contribution in [0.4, 0.5) is 11.4 Å². The minimum Gasteiger partial charge on any atom is -0.376 e. The molecule has 0 fully saturated rings. The van der Waals surface area contributed by atoms with Crippen molar-refractivity contribution in [3.63, 3.8) is 0 Å². The molecule has 5 aliphatic rings. The number of nitrogens with zero attached hydrogens (tertiary/aromatic N) is 2. The predicted molar refractivity (Wildman–Crippen MR) is 318 cm³/mol. The second-order valence-electron chi connectivity index (χ2n) is 28.7. The smallest absolute Gasteiger partial charge is 0.333 e. The molecule has 2 aromatic heterocycles. The van der Waals surface area contributed by atoms with Crippen LogP contribution in [0.3, 0.4) is 0 Å². The molecule has 2 aliphatic heterocycles. The van der Waals surface area contributed by atoms with Crippen molar-refractivity contribution in [3.8, 4) is 27.9 Å². The highest BCUT2D eigenvalue weighted by Crippen LogP contribution is 2.60. The molecule has 14 rings (SSSR count). The van der Waals surface area contributed by atoms with Gasteiger partial charge in [-0.1, -0.05) is 159 Å². The second kappa shape index (κ2) is 14.0. The molecule has 368 valence electrons. The Morgan fingerprint density at radius 3 is 1.68 bits per heavy atom. The Balaban J connectivity index is 1.19. The van der Waals surface area contributed by atoms with E-state index in [9.17, 15) is 0 Å². The van der Waals surface area contributed by atoms with E-state index in [1.807, 2.05) is 11.3 Å². The molecule has 0 unspecified atom stereocenters. The third-order valence-corrected chi connectivity index (χ3v) is 21.0. The van der Waals surface area contributed by atoms with Gasteiger partial charge in [-0.15, -0.1) is 11.3 Å². The first-order valence-electron chi connectivity index (χ1n) is 27.6. The topological polar surface area (TPSA) is 8.17 Å². The van der Waals surface area contributed by atoms with E-state index in [0.29, 0.717) is 0 Å². The first-order valence-corrected chi connectivity index (χ1v) is 28.4. The van der Waals surface area contributed by atoms with Crippen LogP contribution in [0.1, 0.15) is 181 Å². The van der Waals surface area contributed by atoms with Crippen molar-refractivity contribution < 1.29 is 0 Å². The average Bonchev–Trinajstić information content (AvgIpc) is 3.95. The largest absolute Gasteiger partial charge is 0.376 e. The molecule has 0 bridgehead atoms. The molecule has 2 nitrogen and oxygen atoms in total. The number of anilines is 2. The summed E-state index contributed by atoms with van der Waals surface area (Å²) >= 11 is 2.03. The summed E-state index contributed by atoms with van der Waals surface area (Å²) in [5.41, 5.74) is 27.1. The zero-order valence-electron chi connectivity index (χ0n) is 46.5. The van der Waals surface area contributed by atoms with Crippen molar-refractivity contribution in [2.75, 3.05) is 4.81 Å². The van der Waals surface area contributed by atoms with E-state index in [0.717, 1.165) is 0 Å². The van der Waals surface area contributed by atoms with Crippen LogP contribution in [0.2, 0.25) is 0 Å². The third kappa shape index (κ3) is 6.00. The van der Waals surface area contributed by atoms with Gasteiger partial charge in [0.2, 0.25) is 0 Å². The Bertz CT molecular complexity index is 3960. The van der Waals surface area contributed by atoms with E-state index in [2.05, 4.69) is 223 Å². The second-order valence-corrected chi connectivity index (χ2v) is 29.7. The molecule has 0 N–H and O–H groups in total. The Hall–Kier alpha value is -5.58. The van der Waals surface area contributed by atoms with Gasteiger partial charge in [0.05, 0.1) is 11.0 Å². The molecule has 0 atom stereocenters. The molecule has 0 saturated heterocycles. The van der Waals surface area contributed by atoms with Crippen LogP contribution in [0.5, 0.6) is 0 Å². The molecule has 9 aromatic rings. The number of aromatic nitrogens is 1. The van der Waals surface area contributed by atoms with Gasteiger partial charge in [-0.25, -0.2) is 0 Å². The fourth-order valence-electron chi connectivity index (χ4n) is 15.0. The summed E-state index contributed by atoms with van der Waals surface area (Å²) in [7, 11) is 0. The molecule has 3 aliphatic carbocycles. The maximum Gasteiger partial charge on any atom is 0.333 e. The van der Waals surface area contributed by atoms with Crippen molar-refractivity contribution >= 4 is 82.5 Å². The van der Waals surface area contributed by atoms with Gasteiger partial charge >= 0.3 is 6.85 Å². The van der Waals surface area contributed by atoms with Crippen LogP contribution in [0.25, 0.3) is 69.9 Å². The molecule has 7 aromatic carbocycles. The van der Waals surface area contributed by atoms with Crippen LogP contribution >= 0.6 is 11.3 Å². The molecule has 0 spiro atoms. The van der Waals surface area contributed by atoms with Gasteiger partial charge < -0.3 is 9.38 Å². The normalized spacial score (nSPS) is 19.2. The van der Waals surface area contributed by atoms with Gasteiger partial charge in [-0.2, -0.15) is 0 Å². The highest BCUT2D eigenvalue weighted by atomic mass is 32.1. The molecule has 4 heteroatoms. The van der Waals surface area contributed by atoms with Gasteiger partial charge in [0.15, 0.2) is 0 Å². The number of hydrogen-bond acceptors (Lipinski definition) is 2. The average molecular weight is 973 g/mol. The Kier molecular flexibility index (Phi) is 8.83. The minimum absolute atomic E-state index is 0.0315. The summed E-state index contributed by atoms with van der Waals surface area (Å²) in [5.74, 6) is 0. The lowest BCUT2D eigenvalue weighted by atomic mass is 9.43.